The van der Waals surface area contributed by atoms with Gasteiger partial charge in [-0.3, -0.25) is 0 Å². The topological polar surface area (TPSA) is 67.1 Å². The van der Waals surface area contributed by atoms with Gasteiger partial charge in [0.05, 0.1) is 0 Å². The molecule has 154 valence electrons. The SMILES string of the molecule is Cc1nnc(CN=C(NCCc2ccc(F)cc2)NC2CCCCC2)n1C.I. The van der Waals surface area contributed by atoms with E-state index >= 15 is 0 Å². The van der Waals surface area contributed by atoms with Crippen molar-refractivity contribution < 1.29 is 4.39 Å². The van der Waals surface area contributed by atoms with Crippen LogP contribution in [0.3, 0.4) is 0 Å². The van der Waals surface area contributed by atoms with Gasteiger partial charge in [-0.1, -0.05) is 31.4 Å². The molecule has 8 heteroatoms. The largest absolute Gasteiger partial charge is 0.356 e. The summed E-state index contributed by atoms with van der Waals surface area (Å²) in [5.74, 6) is 2.33. The minimum atomic E-state index is -0.202. The van der Waals surface area contributed by atoms with Gasteiger partial charge in [-0.15, -0.1) is 34.2 Å². The summed E-state index contributed by atoms with van der Waals surface area (Å²) in [5.41, 5.74) is 1.10. The van der Waals surface area contributed by atoms with Crippen LogP contribution in [-0.4, -0.2) is 33.3 Å². The van der Waals surface area contributed by atoms with E-state index in [1.165, 1.54) is 44.2 Å². The van der Waals surface area contributed by atoms with E-state index in [9.17, 15) is 4.39 Å². The Balaban J connectivity index is 0.00000280. The highest BCUT2D eigenvalue weighted by molar-refractivity contribution is 14.0. The standard InChI is InChI=1S/C20H29FN6.HI/c1-15-25-26-19(27(15)2)14-23-20(24-18-6-4-3-5-7-18)22-13-12-16-8-10-17(21)11-9-16;/h8-11,18H,3-7,12-14H2,1-2H3,(H2,22,23,24);1H. The lowest BCUT2D eigenvalue weighted by Gasteiger charge is -2.25. The highest BCUT2D eigenvalue weighted by Crippen LogP contribution is 2.17. The molecule has 2 aromatic rings. The minimum absolute atomic E-state index is 0. The van der Waals surface area contributed by atoms with E-state index in [2.05, 4.69) is 20.8 Å². The van der Waals surface area contributed by atoms with Crippen LogP contribution in [-0.2, 0) is 20.0 Å². The summed E-state index contributed by atoms with van der Waals surface area (Å²) in [6.45, 7) is 3.15. The molecule has 1 aromatic carbocycles. The monoisotopic (exact) mass is 500 g/mol. The molecule has 1 aromatic heterocycles. The summed E-state index contributed by atoms with van der Waals surface area (Å²) in [5, 5.41) is 15.3. The predicted molar refractivity (Wildman–Crippen MR) is 120 cm³/mol. The summed E-state index contributed by atoms with van der Waals surface area (Å²) in [6, 6.07) is 7.12. The van der Waals surface area contributed by atoms with Crippen LogP contribution >= 0.6 is 24.0 Å². The molecule has 6 nitrogen and oxygen atoms in total. The number of benzene rings is 1. The van der Waals surface area contributed by atoms with Gasteiger partial charge in [-0.05, 0) is 43.9 Å². The van der Waals surface area contributed by atoms with Crippen molar-refractivity contribution in [1.82, 2.24) is 25.4 Å². The molecule has 1 aliphatic carbocycles. The highest BCUT2D eigenvalue weighted by Gasteiger charge is 2.15. The van der Waals surface area contributed by atoms with Crippen LogP contribution in [0.2, 0.25) is 0 Å². The molecule has 1 aliphatic rings. The lowest BCUT2D eigenvalue weighted by Crippen LogP contribution is -2.44. The van der Waals surface area contributed by atoms with E-state index in [1.54, 1.807) is 0 Å². The van der Waals surface area contributed by atoms with Crippen LogP contribution < -0.4 is 10.6 Å². The quantitative estimate of drug-likeness (QED) is 0.362. The predicted octanol–water partition coefficient (Wildman–Crippen LogP) is 3.49. The molecular formula is C20H30FIN6. The molecule has 0 atom stereocenters. The summed E-state index contributed by atoms with van der Waals surface area (Å²) >= 11 is 0. The fraction of sp³-hybridized carbons (Fsp3) is 0.550. The third-order valence-corrected chi connectivity index (χ3v) is 5.13. The number of aromatic nitrogens is 3. The zero-order valence-corrected chi connectivity index (χ0v) is 18.9. The van der Waals surface area contributed by atoms with Crippen LogP contribution in [0, 0.1) is 12.7 Å². The Bertz CT molecular complexity index is 753. The lowest BCUT2D eigenvalue weighted by atomic mass is 9.96. The van der Waals surface area contributed by atoms with Crippen LogP contribution in [0.25, 0.3) is 0 Å². The maximum Gasteiger partial charge on any atom is 0.191 e. The zero-order valence-electron chi connectivity index (χ0n) is 16.6. The average Bonchev–Trinajstić information content (AvgIpc) is 3.00. The van der Waals surface area contributed by atoms with Crippen molar-refractivity contribution >= 4 is 29.9 Å². The van der Waals surface area contributed by atoms with Gasteiger partial charge in [-0.2, -0.15) is 0 Å². The van der Waals surface area contributed by atoms with E-state index in [0.717, 1.165) is 36.1 Å². The number of aryl methyl sites for hydroxylation is 1. The second-order valence-electron chi connectivity index (χ2n) is 7.17. The van der Waals surface area contributed by atoms with Crippen molar-refractivity contribution in [3.63, 3.8) is 0 Å². The Labute approximate surface area is 183 Å². The first kappa shape index (κ1) is 22.6. The molecule has 0 unspecified atom stereocenters. The number of hydrogen-bond acceptors (Lipinski definition) is 3. The number of rotatable bonds is 6. The maximum absolute atomic E-state index is 13.0. The first-order valence-electron chi connectivity index (χ1n) is 9.76. The smallest absolute Gasteiger partial charge is 0.191 e. The van der Waals surface area contributed by atoms with Gasteiger partial charge in [0.25, 0.3) is 0 Å². The Morgan fingerprint density at radius 2 is 1.89 bits per heavy atom. The molecule has 1 fully saturated rings. The summed E-state index contributed by atoms with van der Waals surface area (Å²) in [7, 11) is 1.95. The summed E-state index contributed by atoms with van der Waals surface area (Å²) < 4.78 is 15.0. The van der Waals surface area contributed by atoms with Gasteiger partial charge in [0.2, 0.25) is 0 Å². The number of hydrogen-bond donors (Lipinski definition) is 2. The Morgan fingerprint density at radius 1 is 1.18 bits per heavy atom. The Kier molecular flexibility index (Phi) is 9.14. The number of aliphatic imine (C=N–C) groups is 1. The molecule has 0 spiro atoms. The van der Waals surface area contributed by atoms with Gasteiger partial charge in [-0.25, -0.2) is 9.38 Å². The van der Waals surface area contributed by atoms with Crippen molar-refractivity contribution in [3.8, 4) is 0 Å². The van der Waals surface area contributed by atoms with Crippen LogP contribution in [0.15, 0.2) is 29.3 Å². The first-order chi connectivity index (χ1) is 13.1. The van der Waals surface area contributed by atoms with Gasteiger partial charge in [0.1, 0.15) is 18.2 Å². The van der Waals surface area contributed by atoms with Crippen molar-refractivity contribution in [2.24, 2.45) is 12.0 Å². The molecular weight excluding hydrogens is 470 g/mol. The number of guanidine groups is 1. The van der Waals surface area contributed by atoms with Crippen molar-refractivity contribution in [2.45, 2.75) is 58.0 Å². The molecule has 0 amide bonds. The van der Waals surface area contributed by atoms with Crippen molar-refractivity contribution in [2.75, 3.05) is 6.54 Å². The van der Waals surface area contributed by atoms with Crippen molar-refractivity contribution in [3.05, 3.63) is 47.3 Å². The van der Waals surface area contributed by atoms with E-state index in [0.29, 0.717) is 12.6 Å². The van der Waals surface area contributed by atoms with Gasteiger partial charge < -0.3 is 15.2 Å². The zero-order chi connectivity index (χ0) is 19.1. The number of nitrogens with one attached hydrogen (secondary N) is 2. The molecule has 1 heterocycles. The minimum Gasteiger partial charge on any atom is -0.356 e. The molecule has 0 aliphatic heterocycles. The van der Waals surface area contributed by atoms with E-state index in [4.69, 9.17) is 4.99 Å². The average molecular weight is 500 g/mol. The van der Waals surface area contributed by atoms with Gasteiger partial charge in [0.15, 0.2) is 11.8 Å². The summed E-state index contributed by atoms with van der Waals surface area (Å²) in [6.07, 6.45) is 7.03. The molecule has 0 saturated heterocycles. The second kappa shape index (κ2) is 11.3. The number of nitrogens with zero attached hydrogens (tertiary/aromatic N) is 4. The van der Waals surface area contributed by atoms with E-state index in [-0.39, 0.29) is 29.8 Å². The lowest BCUT2D eigenvalue weighted by molar-refractivity contribution is 0.410. The van der Waals surface area contributed by atoms with Crippen LogP contribution in [0.4, 0.5) is 4.39 Å². The molecule has 28 heavy (non-hydrogen) atoms. The first-order valence-corrected chi connectivity index (χ1v) is 9.76. The molecule has 1 saturated carbocycles. The van der Waals surface area contributed by atoms with Gasteiger partial charge >= 0.3 is 0 Å². The van der Waals surface area contributed by atoms with E-state index < -0.39 is 0 Å². The third-order valence-electron chi connectivity index (χ3n) is 5.13. The van der Waals surface area contributed by atoms with Crippen molar-refractivity contribution in [1.29, 1.82) is 0 Å². The third kappa shape index (κ3) is 6.72. The Hall–Kier alpha value is -1.71. The van der Waals surface area contributed by atoms with Gasteiger partial charge in [0, 0.05) is 19.6 Å². The van der Waals surface area contributed by atoms with Crippen LogP contribution in [0.1, 0.15) is 49.3 Å². The highest BCUT2D eigenvalue weighted by atomic mass is 127. The maximum atomic E-state index is 13.0. The van der Waals surface area contributed by atoms with Crippen LogP contribution in [0.5, 0.6) is 0 Å². The number of halogens is 2. The molecule has 0 bridgehead atoms. The molecule has 0 radical (unpaired) electrons. The molecule has 3 rings (SSSR count). The summed E-state index contributed by atoms with van der Waals surface area (Å²) in [4.78, 5) is 4.72. The Morgan fingerprint density at radius 3 is 2.54 bits per heavy atom. The fourth-order valence-electron chi connectivity index (χ4n) is 3.31. The molecule has 2 N–H and O–H groups in total. The fourth-order valence-corrected chi connectivity index (χ4v) is 3.31. The second-order valence-corrected chi connectivity index (χ2v) is 7.17. The van der Waals surface area contributed by atoms with E-state index in [1.807, 2.05) is 30.7 Å². The normalized spacial score (nSPS) is 15.2.